The van der Waals surface area contributed by atoms with E-state index < -0.39 is 0 Å². The van der Waals surface area contributed by atoms with E-state index in [2.05, 4.69) is 26.6 Å². The lowest BCUT2D eigenvalue weighted by molar-refractivity contribution is 0.249. The van der Waals surface area contributed by atoms with Crippen molar-refractivity contribution < 1.29 is 9.13 Å². The first-order valence-corrected chi connectivity index (χ1v) is 9.98. The summed E-state index contributed by atoms with van der Waals surface area (Å²) in [6.45, 7) is 4.03. The summed E-state index contributed by atoms with van der Waals surface area (Å²) in [7, 11) is 3.93. The molecule has 0 saturated carbocycles. The van der Waals surface area contributed by atoms with Gasteiger partial charge < -0.3 is 15.4 Å². The standard InChI is InChI=1S/C21H30FN5O/c1-23-20-13-18(16-7-5-10-24-14-16)25-21(26-20)15-27(2)11-6-12-28-19-9-4-3-8-17(19)22/h3-4,8-9,13,16,24H,5-7,10-12,14-15H2,1-2H3,(H,23,25,26)/t16-/m1/s1. The first kappa shape index (κ1) is 20.5. The van der Waals surface area contributed by atoms with Gasteiger partial charge >= 0.3 is 0 Å². The second-order valence-electron chi connectivity index (χ2n) is 7.26. The number of hydrogen-bond acceptors (Lipinski definition) is 6. The lowest BCUT2D eigenvalue weighted by atomic mass is 9.96. The molecule has 2 N–H and O–H groups in total. The second-order valence-corrected chi connectivity index (χ2v) is 7.26. The van der Waals surface area contributed by atoms with E-state index in [-0.39, 0.29) is 5.82 Å². The highest BCUT2D eigenvalue weighted by Crippen LogP contribution is 2.23. The van der Waals surface area contributed by atoms with E-state index in [1.165, 1.54) is 12.5 Å². The maximum absolute atomic E-state index is 13.6. The number of aromatic nitrogens is 2. The molecule has 28 heavy (non-hydrogen) atoms. The van der Waals surface area contributed by atoms with Crippen LogP contribution < -0.4 is 15.4 Å². The molecule has 1 aliphatic heterocycles. The Balaban J connectivity index is 1.51. The summed E-state index contributed by atoms with van der Waals surface area (Å²) in [5, 5.41) is 6.60. The normalized spacial score (nSPS) is 16.9. The summed E-state index contributed by atoms with van der Waals surface area (Å²) in [4.78, 5) is 11.6. The zero-order valence-corrected chi connectivity index (χ0v) is 16.7. The minimum Gasteiger partial charge on any atom is -0.490 e. The molecule has 1 aromatic heterocycles. The minimum atomic E-state index is -0.321. The van der Waals surface area contributed by atoms with Crippen LogP contribution in [0.15, 0.2) is 30.3 Å². The first-order valence-electron chi connectivity index (χ1n) is 9.98. The van der Waals surface area contributed by atoms with Gasteiger partial charge in [0.2, 0.25) is 0 Å². The number of piperidine rings is 1. The average molecular weight is 388 g/mol. The van der Waals surface area contributed by atoms with Gasteiger partial charge in [0.25, 0.3) is 0 Å². The molecule has 1 aliphatic rings. The Morgan fingerprint density at radius 2 is 2.18 bits per heavy atom. The summed E-state index contributed by atoms with van der Waals surface area (Å²) in [6, 6.07) is 8.55. The number of rotatable bonds is 9. The van der Waals surface area contributed by atoms with Crippen LogP contribution in [0.1, 0.15) is 36.7 Å². The SMILES string of the molecule is CNc1cc([C@@H]2CCCNC2)nc(CN(C)CCCOc2ccccc2F)n1. The molecule has 2 aromatic rings. The van der Waals surface area contributed by atoms with E-state index in [4.69, 9.17) is 9.72 Å². The van der Waals surface area contributed by atoms with Gasteiger partial charge in [-0.2, -0.15) is 0 Å². The topological polar surface area (TPSA) is 62.3 Å². The molecule has 3 rings (SSSR count). The van der Waals surface area contributed by atoms with Crippen molar-refractivity contribution in [2.24, 2.45) is 0 Å². The van der Waals surface area contributed by atoms with Crippen LogP contribution >= 0.6 is 0 Å². The Labute approximate surface area is 166 Å². The number of anilines is 1. The summed E-state index contributed by atoms with van der Waals surface area (Å²) >= 11 is 0. The molecular weight excluding hydrogens is 357 g/mol. The Bertz CT molecular complexity index is 751. The molecule has 1 fully saturated rings. The minimum absolute atomic E-state index is 0.306. The Hall–Kier alpha value is -2.25. The Morgan fingerprint density at radius 3 is 2.93 bits per heavy atom. The first-order chi connectivity index (χ1) is 13.7. The number of halogens is 1. The highest BCUT2D eigenvalue weighted by atomic mass is 19.1. The fraction of sp³-hybridized carbons (Fsp3) is 0.524. The fourth-order valence-corrected chi connectivity index (χ4v) is 3.43. The van der Waals surface area contributed by atoms with Crippen LogP contribution in [0.4, 0.5) is 10.2 Å². The number of ether oxygens (including phenoxy) is 1. The quantitative estimate of drug-likeness (QED) is 0.645. The Morgan fingerprint density at radius 1 is 1.32 bits per heavy atom. The average Bonchev–Trinajstić information content (AvgIpc) is 2.72. The van der Waals surface area contributed by atoms with Crippen molar-refractivity contribution in [2.45, 2.75) is 31.7 Å². The predicted molar refractivity (Wildman–Crippen MR) is 109 cm³/mol. The van der Waals surface area contributed by atoms with E-state index in [0.29, 0.717) is 24.8 Å². The predicted octanol–water partition coefficient (Wildman–Crippen LogP) is 3.03. The van der Waals surface area contributed by atoms with Crippen LogP contribution in [-0.2, 0) is 6.54 Å². The third-order valence-corrected chi connectivity index (χ3v) is 4.95. The molecule has 0 aliphatic carbocycles. The maximum atomic E-state index is 13.6. The third kappa shape index (κ3) is 5.87. The van der Waals surface area contributed by atoms with Crippen molar-refractivity contribution in [3.8, 4) is 5.75 Å². The summed E-state index contributed by atoms with van der Waals surface area (Å²) < 4.78 is 19.1. The van der Waals surface area contributed by atoms with Gasteiger partial charge in [0.05, 0.1) is 18.8 Å². The third-order valence-electron chi connectivity index (χ3n) is 4.95. The molecule has 1 aromatic carbocycles. The van der Waals surface area contributed by atoms with Crippen molar-refractivity contribution in [1.82, 2.24) is 20.2 Å². The van der Waals surface area contributed by atoms with Gasteiger partial charge in [-0.3, -0.25) is 4.90 Å². The summed E-state index contributed by atoms with van der Waals surface area (Å²) in [6.07, 6.45) is 3.15. The summed E-state index contributed by atoms with van der Waals surface area (Å²) in [5.41, 5.74) is 1.11. The van der Waals surface area contributed by atoms with E-state index in [1.54, 1.807) is 18.2 Å². The van der Waals surface area contributed by atoms with Gasteiger partial charge in [-0.05, 0) is 45.0 Å². The molecule has 0 unspecified atom stereocenters. The highest BCUT2D eigenvalue weighted by Gasteiger charge is 2.18. The number of benzene rings is 1. The van der Waals surface area contributed by atoms with Crippen molar-refractivity contribution >= 4 is 5.82 Å². The van der Waals surface area contributed by atoms with Gasteiger partial charge in [0.1, 0.15) is 11.6 Å². The fourth-order valence-electron chi connectivity index (χ4n) is 3.43. The second kappa shape index (κ2) is 10.3. The van der Waals surface area contributed by atoms with Crippen LogP contribution in [0.2, 0.25) is 0 Å². The maximum Gasteiger partial charge on any atom is 0.165 e. The molecule has 1 atom stereocenters. The van der Waals surface area contributed by atoms with E-state index >= 15 is 0 Å². The van der Waals surface area contributed by atoms with E-state index in [0.717, 1.165) is 49.8 Å². The molecule has 7 heteroatoms. The van der Waals surface area contributed by atoms with Gasteiger partial charge in [-0.15, -0.1) is 0 Å². The van der Waals surface area contributed by atoms with Gasteiger partial charge in [-0.25, -0.2) is 14.4 Å². The van der Waals surface area contributed by atoms with Crippen molar-refractivity contribution in [3.63, 3.8) is 0 Å². The van der Waals surface area contributed by atoms with Gasteiger partial charge in [0, 0.05) is 32.1 Å². The van der Waals surface area contributed by atoms with Crippen molar-refractivity contribution in [3.05, 3.63) is 47.7 Å². The molecule has 0 bridgehead atoms. The number of para-hydroxylation sites is 1. The van der Waals surface area contributed by atoms with E-state index in [9.17, 15) is 4.39 Å². The van der Waals surface area contributed by atoms with Gasteiger partial charge in [-0.1, -0.05) is 12.1 Å². The zero-order chi connectivity index (χ0) is 19.8. The monoisotopic (exact) mass is 387 g/mol. The van der Waals surface area contributed by atoms with Crippen LogP contribution in [0.25, 0.3) is 0 Å². The van der Waals surface area contributed by atoms with Crippen LogP contribution in [0, 0.1) is 5.82 Å². The molecule has 2 heterocycles. The molecular formula is C21H30FN5O. The Kier molecular flexibility index (Phi) is 7.56. The molecule has 6 nitrogen and oxygen atoms in total. The van der Waals surface area contributed by atoms with Crippen LogP contribution in [-0.4, -0.2) is 55.2 Å². The van der Waals surface area contributed by atoms with Crippen LogP contribution in [0.3, 0.4) is 0 Å². The zero-order valence-electron chi connectivity index (χ0n) is 16.7. The smallest absolute Gasteiger partial charge is 0.165 e. The lowest BCUT2D eigenvalue weighted by Crippen LogP contribution is -2.29. The molecule has 0 spiro atoms. The molecule has 0 amide bonds. The summed E-state index contributed by atoms with van der Waals surface area (Å²) in [5.74, 6) is 2.12. The van der Waals surface area contributed by atoms with Crippen molar-refractivity contribution in [1.29, 1.82) is 0 Å². The molecule has 1 saturated heterocycles. The molecule has 152 valence electrons. The number of hydrogen-bond donors (Lipinski definition) is 2. The number of nitrogens with one attached hydrogen (secondary N) is 2. The van der Waals surface area contributed by atoms with Crippen LogP contribution in [0.5, 0.6) is 5.75 Å². The molecule has 0 radical (unpaired) electrons. The lowest BCUT2D eigenvalue weighted by Gasteiger charge is -2.23. The number of nitrogens with zero attached hydrogens (tertiary/aromatic N) is 3. The van der Waals surface area contributed by atoms with Gasteiger partial charge in [0.15, 0.2) is 11.6 Å². The largest absolute Gasteiger partial charge is 0.490 e. The highest BCUT2D eigenvalue weighted by molar-refractivity contribution is 5.36. The van der Waals surface area contributed by atoms with Crippen molar-refractivity contribution in [2.75, 3.05) is 45.7 Å². The van der Waals surface area contributed by atoms with E-state index in [1.807, 2.05) is 14.1 Å².